The molecule has 0 unspecified atom stereocenters. The van der Waals surface area contributed by atoms with Crippen molar-refractivity contribution in [2.24, 2.45) is 5.41 Å². The van der Waals surface area contributed by atoms with Crippen LogP contribution < -0.4 is 20.7 Å². The Morgan fingerprint density at radius 2 is 1.70 bits per heavy atom. The molecular formula is C29H42N4O3S. The summed E-state index contributed by atoms with van der Waals surface area (Å²) in [6.07, 6.45) is 1.40. The Bertz CT molecular complexity index is 1050. The van der Waals surface area contributed by atoms with Gasteiger partial charge in [-0.3, -0.25) is 9.59 Å². The molecule has 0 bridgehead atoms. The molecule has 0 heterocycles. The average molecular weight is 527 g/mol. The number of nitrogens with zero attached hydrogens (tertiary/aromatic N) is 1. The van der Waals surface area contributed by atoms with E-state index >= 15 is 0 Å². The lowest BCUT2D eigenvalue weighted by atomic mass is 9.87. The molecule has 202 valence electrons. The monoisotopic (exact) mass is 526 g/mol. The second-order valence-corrected chi connectivity index (χ2v) is 10.3. The van der Waals surface area contributed by atoms with Gasteiger partial charge in [0.25, 0.3) is 5.91 Å². The SMILES string of the molecule is CCN(CC)CCNC(=O)c1ccc(NC(=S)NC(=O)C(C)(C)CCCOc2cc(C)ccc2C)cc1. The van der Waals surface area contributed by atoms with Gasteiger partial charge in [-0.1, -0.05) is 39.8 Å². The van der Waals surface area contributed by atoms with Crippen molar-refractivity contribution in [2.45, 2.75) is 54.4 Å². The Hall–Kier alpha value is -2.97. The van der Waals surface area contributed by atoms with E-state index in [1.54, 1.807) is 24.3 Å². The van der Waals surface area contributed by atoms with Gasteiger partial charge in [0.15, 0.2) is 5.11 Å². The molecule has 0 aliphatic heterocycles. The third-order valence-electron chi connectivity index (χ3n) is 6.40. The van der Waals surface area contributed by atoms with E-state index in [0.717, 1.165) is 42.9 Å². The minimum atomic E-state index is -0.607. The molecule has 2 aromatic carbocycles. The fourth-order valence-electron chi connectivity index (χ4n) is 3.78. The van der Waals surface area contributed by atoms with Crippen molar-refractivity contribution in [3.63, 3.8) is 0 Å². The standard InChI is InChI=1S/C29H42N4O3S/c1-7-33(8-2)18-17-30-26(34)23-12-14-24(15-13-23)31-28(37)32-27(35)29(5,6)16-9-19-36-25-20-21(3)10-11-22(25)4/h10-15,20H,7-9,16-19H2,1-6H3,(H,30,34)(H2,31,32,35,37). The fraction of sp³-hybridized carbons (Fsp3) is 0.483. The molecule has 0 fully saturated rings. The fourth-order valence-corrected chi connectivity index (χ4v) is 3.99. The van der Waals surface area contributed by atoms with E-state index in [0.29, 0.717) is 30.8 Å². The van der Waals surface area contributed by atoms with E-state index in [1.807, 2.05) is 39.8 Å². The van der Waals surface area contributed by atoms with Crippen molar-refractivity contribution < 1.29 is 14.3 Å². The zero-order valence-electron chi connectivity index (χ0n) is 23.1. The van der Waals surface area contributed by atoms with Crippen LogP contribution in [0.2, 0.25) is 0 Å². The first-order valence-electron chi connectivity index (χ1n) is 13.0. The molecule has 37 heavy (non-hydrogen) atoms. The first-order valence-corrected chi connectivity index (χ1v) is 13.4. The van der Waals surface area contributed by atoms with Gasteiger partial charge in [-0.25, -0.2) is 0 Å². The Labute approximate surface area is 227 Å². The van der Waals surface area contributed by atoms with Crippen LogP contribution in [0.3, 0.4) is 0 Å². The Morgan fingerprint density at radius 1 is 1.03 bits per heavy atom. The van der Waals surface area contributed by atoms with Crippen molar-refractivity contribution in [1.29, 1.82) is 0 Å². The summed E-state index contributed by atoms with van der Waals surface area (Å²) in [6, 6.07) is 13.2. The van der Waals surface area contributed by atoms with Gasteiger partial charge in [-0.05, 0) is 93.5 Å². The zero-order valence-corrected chi connectivity index (χ0v) is 23.9. The van der Waals surface area contributed by atoms with Crippen LogP contribution in [-0.4, -0.2) is 54.6 Å². The first kappa shape index (κ1) is 30.3. The lowest BCUT2D eigenvalue weighted by Crippen LogP contribution is -2.42. The Balaban J connectivity index is 1.76. The van der Waals surface area contributed by atoms with Crippen LogP contribution in [0, 0.1) is 19.3 Å². The average Bonchev–Trinajstić information content (AvgIpc) is 2.86. The number of benzene rings is 2. The van der Waals surface area contributed by atoms with Crippen LogP contribution in [0.15, 0.2) is 42.5 Å². The van der Waals surface area contributed by atoms with E-state index in [9.17, 15) is 9.59 Å². The summed E-state index contributed by atoms with van der Waals surface area (Å²) in [5.41, 5.74) is 2.92. The molecule has 0 aliphatic carbocycles. The number of ether oxygens (including phenoxy) is 1. The molecule has 0 atom stereocenters. The highest BCUT2D eigenvalue weighted by Gasteiger charge is 2.28. The summed E-state index contributed by atoms with van der Waals surface area (Å²) < 4.78 is 5.92. The maximum atomic E-state index is 12.8. The van der Waals surface area contributed by atoms with Crippen molar-refractivity contribution in [2.75, 3.05) is 38.1 Å². The quantitative estimate of drug-likeness (QED) is 0.250. The number of hydrogen-bond donors (Lipinski definition) is 3. The maximum Gasteiger partial charge on any atom is 0.251 e. The van der Waals surface area contributed by atoms with Crippen LogP contribution in [0.25, 0.3) is 0 Å². The molecule has 7 nitrogen and oxygen atoms in total. The van der Waals surface area contributed by atoms with Gasteiger partial charge in [0, 0.05) is 29.8 Å². The summed E-state index contributed by atoms with van der Waals surface area (Å²) in [7, 11) is 0. The zero-order chi connectivity index (χ0) is 27.4. The van der Waals surface area contributed by atoms with Crippen LogP contribution in [0.5, 0.6) is 5.75 Å². The molecule has 0 saturated heterocycles. The van der Waals surface area contributed by atoms with Gasteiger partial charge in [-0.2, -0.15) is 0 Å². The second kappa shape index (κ2) is 14.7. The molecule has 0 spiro atoms. The third-order valence-corrected chi connectivity index (χ3v) is 6.61. The van der Waals surface area contributed by atoms with Gasteiger partial charge in [0.05, 0.1) is 6.61 Å². The smallest absolute Gasteiger partial charge is 0.251 e. The predicted molar refractivity (Wildman–Crippen MR) is 155 cm³/mol. The normalized spacial score (nSPS) is 11.2. The number of carbonyl (C=O) groups excluding carboxylic acids is 2. The second-order valence-electron chi connectivity index (χ2n) is 9.87. The number of aryl methyl sites for hydroxylation is 2. The summed E-state index contributed by atoms with van der Waals surface area (Å²) in [5.74, 6) is 0.620. The molecule has 0 aromatic heterocycles. The Kier molecular flexibility index (Phi) is 12.0. The molecule has 8 heteroatoms. The van der Waals surface area contributed by atoms with Crippen molar-refractivity contribution in [3.8, 4) is 5.75 Å². The maximum absolute atomic E-state index is 12.8. The number of likely N-dealkylation sites (N-methyl/N-ethyl adjacent to an activating group) is 1. The minimum absolute atomic E-state index is 0.113. The summed E-state index contributed by atoms with van der Waals surface area (Å²) in [4.78, 5) is 27.5. The van der Waals surface area contributed by atoms with Crippen LogP contribution in [-0.2, 0) is 4.79 Å². The number of carbonyl (C=O) groups is 2. The van der Waals surface area contributed by atoms with Gasteiger partial charge in [-0.15, -0.1) is 0 Å². The number of rotatable bonds is 13. The van der Waals surface area contributed by atoms with E-state index in [-0.39, 0.29) is 16.9 Å². The molecule has 2 aromatic rings. The predicted octanol–water partition coefficient (Wildman–Crippen LogP) is 5.07. The van der Waals surface area contributed by atoms with Gasteiger partial charge in [0.1, 0.15) is 5.75 Å². The number of anilines is 1. The lowest BCUT2D eigenvalue weighted by Gasteiger charge is -2.24. The highest BCUT2D eigenvalue weighted by atomic mass is 32.1. The number of thiocarbonyl (C=S) groups is 1. The topological polar surface area (TPSA) is 82.7 Å². The summed E-state index contributed by atoms with van der Waals surface area (Å²) in [6.45, 7) is 16.0. The number of hydrogen-bond acceptors (Lipinski definition) is 5. The highest BCUT2D eigenvalue weighted by Crippen LogP contribution is 2.24. The van der Waals surface area contributed by atoms with E-state index in [1.165, 1.54) is 0 Å². The molecule has 2 rings (SSSR count). The number of nitrogens with one attached hydrogen (secondary N) is 3. The van der Waals surface area contributed by atoms with Crippen LogP contribution in [0.1, 0.15) is 62.0 Å². The van der Waals surface area contributed by atoms with Gasteiger partial charge in [0.2, 0.25) is 5.91 Å². The van der Waals surface area contributed by atoms with Crippen molar-refractivity contribution >= 4 is 34.8 Å². The first-order chi connectivity index (χ1) is 17.6. The van der Waals surface area contributed by atoms with Crippen LogP contribution >= 0.6 is 12.2 Å². The minimum Gasteiger partial charge on any atom is -0.493 e. The van der Waals surface area contributed by atoms with Gasteiger partial charge < -0.3 is 25.6 Å². The molecule has 0 saturated carbocycles. The van der Waals surface area contributed by atoms with E-state index < -0.39 is 5.41 Å². The largest absolute Gasteiger partial charge is 0.493 e. The third kappa shape index (κ3) is 10.1. The van der Waals surface area contributed by atoms with Crippen molar-refractivity contribution in [3.05, 3.63) is 59.2 Å². The van der Waals surface area contributed by atoms with Crippen LogP contribution in [0.4, 0.5) is 5.69 Å². The molecule has 2 amide bonds. The molecule has 3 N–H and O–H groups in total. The summed E-state index contributed by atoms with van der Waals surface area (Å²) >= 11 is 5.34. The van der Waals surface area contributed by atoms with E-state index in [2.05, 4.69) is 40.8 Å². The summed E-state index contributed by atoms with van der Waals surface area (Å²) in [5, 5.41) is 8.98. The molecular weight excluding hydrogens is 484 g/mol. The Morgan fingerprint density at radius 3 is 2.35 bits per heavy atom. The van der Waals surface area contributed by atoms with Crippen molar-refractivity contribution in [1.82, 2.24) is 15.5 Å². The van der Waals surface area contributed by atoms with E-state index in [4.69, 9.17) is 17.0 Å². The van der Waals surface area contributed by atoms with Gasteiger partial charge >= 0.3 is 0 Å². The molecule has 0 radical (unpaired) electrons. The molecule has 0 aliphatic rings. The highest BCUT2D eigenvalue weighted by molar-refractivity contribution is 7.80. The lowest BCUT2D eigenvalue weighted by molar-refractivity contribution is -0.128. The number of amides is 2.